The van der Waals surface area contributed by atoms with Gasteiger partial charge >= 0.3 is 12.3 Å². The summed E-state index contributed by atoms with van der Waals surface area (Å²) in [6.07, 6.45) is -6.43. The van der Waals surface area contributed by atoms with Crippen LogP contribution >= 0.6 is 0 Å². The molecule has 3 fully saturated rings. The molecule has 0 radical (unpaired) electrons. The van der Waals surface area contributed by atoms with Crippen molar-refractivity contribution in [3.05, 3.63) is 29.3 Å². The average Bonchev–Trinajstić information content (AvgIpc) is 3.30. The lowest BCUT2D eigenvalue weighted by molar-refractivity contribution is -0.137. The lowest BCUT2D eigenvalue weighted by atomic mass is 9.85. The van der Waals surface area contributed by atoms with Gasteiger partial charge in [0.1, 0.15) is 5.25 Å². The highest BCUT2D eigenvalue weighted by molar-refractivity contribution is 7.93. The number of carbonyl (C=O) groups is 1. The number of nitrogens with one attached hydrogen (secondary N) is 1. The Bertz CT molecular complexity index is 1010. The molecule has 1 amide bonds. The number of halogens is 3. The van der Waals surface area contributed by atoms with Crippen molar-refractivity contribution in [2.24, 2.45) is 5.92 Å². The maximum atomic E-state index is 13.3. The highest BCUT2D eigenvalue weighted by Gasteiger charge is 2.64. The molecule has 1 aromatic rings. The number of alkyl halides is 3. The third kappa shape index (κ3) is 3.00. The Kier molecular flexibility index (Phi) is 4.43. The van der Waals surface area contributed by atoms with Gasteiger partial charge in [-0.05, 0) is 24.6 Å². The van der Waals surface area contributed by atoms with Gasteiger partial charge in [-0.3, -0.25) is 4.31 Å². The summed E-state index contributed by atoms with van der Waals surface area (Å²) >= 11 is 0. The van der Waals surface area contributed by atoms with Crippen LogP contribution in [0, 0.1) is 17.2 Å². The van der Waals surface area contributed by atoms with E-state index in [-0.39, 0.29) is 18.7 Å². The maximum absolute atomic E-state index is 13.3. The number of anilines is 1. The SMILES string of the molecule is COC(=O)N[C@@H]1C[C@@H]2O[C@H]1[C@@H]1CN(c3ccc(C#N)c(C(F)(F)F)c3)S(=O)(=O)[C@@H]12. The average molecular weight is 431 g/mol. The smallest absolute Gasteiger partial charge is 0.417 e. The number of nitrogens with zero attached hydrogens (tertiary/aromatic N) is 2. The molecule has 4 rings (SSSR count). The van der Waals surface area contributed by atoms with Crippen LogP contribution in [0.4, 0.5) is 23.7 Å². The second-order valence-corrected chi connectivity index (χ2v) is 9.18. The summed E-state index contributed by atoms with van der Waals surface area (Å²) in [5.41, 5.74) is -1.92. The number of rotatable bonds is 2. The number of benzene rings is 1. The van der Waals surface area contributed by atoms with E-state index in [9.17, 15) is 26.4 Å². The van der Waals surface area contributed by atoms with Crippen LogP contribution in [0.2, 0.25) is 0 Å². The van der Waals surface area contributed by atoms with Gasteiger partial charge in [-0.15, -0.1) is 0 Å². The lowest BCUT2D eigenvalue weighted by Crippen LogP contribution is -2.48. The molecule has 156 valence electrons. The van der Waals surface area contributed by atoms with Gasteiger partial charge in [-0.1, -0.05) is 0 Å². The van der Waals surface area contributed by atoms with Crippen LogP contribution in [0.5, 0.6) is 0 Å². The first-order chi connectivity index (χ1) is 13.6. The number of hydrogen-bond acceptors (Lipinski definition) is 6. The topological polar surface area (TPSA) is 109 Å². The molecule has 12 heteroatoms. The Morgan fingerprint density at radius 3 is 2.76 bits per heavy atom. The quantitative estimate of drug-likeness (QED) is 0.762. The van der Waals surface area contributed by atoms with E-state index in [0.29, 0.717) is 6.07 Å². The van der Waals surface area contributed by atoms with E-state index >= 15 is 0 Å². The largest absolute Gasteiger partial charge is 0.453 e. The molecule has 0 aliphatic carbocycles. The minimum Gasteiger partial charge on any atom is -0.453 e. The van der Waals surface area contributed by atoms with Crippen LogP contribution in [-0.2, 0) is 25.7 Å². The zero-order valence-corrected chi connectivity index (χ0v) is 15.8. The van der Waals surface area contributed by atoms with Crippen LogP contribution in [0.25, 0.3) is 0 Å². The zero-order chi connectivity index (χ0) is 21.1. The molecular weight excluding hydrogens is 415 g/mol. The maximum Gasteiger partial charge on any atom is 0.417 e. The van der Waals surface area contributed by atoms with E-state index < -0.39 is 62.8 Å². The van der Waals surface area contributed by atoms with Crippen molar-refractivity contribution in [2.45, 2.75) is 36.1 Å². The van der Waals surface area contributed by atoms with Crippen molar-refractivity contribution in [1.82, 2.24) is 5.32 Å². The number of nitriles is 1. The molecule has 0 unspecified atom stereocenters. The fourth-order valence-corrected chi connectivity index (χ4v) is 6.82. The number of amides is 1. The van der Waals surface area contributed by atoms with Crippen molar-refractivity contribution >= 4 is 21.8 Å². The Labute approximate surface area is 164 Å². The summed E-state index contributed by atoms with van der Waals surface area (Å²) in [7, 11) is -2.77. The molecular formula is C17H16F3N3O5S. The Hall–Kier alpha value is -2.52. The number of ether oxygens (including phenoxy) is 2. The van der Waals surface area contributed by atoms with E-state index in [1.54, 1.807) is 0 Å². The molecule has 0 spiro atoms. The molecule has 3 aliphatic rings. The zero-order valence-electron chi connectivity index (χ0n) is 15.0. The van der Waals surface area contributed by atoms with Crippen molar-refractivity contribution in [1.29, 1.82) is 5.26 Å². The van der Waals surface area contributed by atoms with Gasteiger partial charge in [0.15, 0.2) is 0 Å². The second-order valence-electron chi connectivity index (χ2n) is 7.16. The third-order valence-corrected chi connectivity index (χ3v) is 7.97. The van der Waals surface area contributed by atoms with Gasteiger partial charge < -0.3 is 14.8 Å². The van der Waals surface area contributed by atoms with E-state index in [1.807, 2.05) is 0 Å². The predicted molar refractivity (Wildman–Crippen MR) is 92.3 cm³/mol. The van der Waals surface area contributed by atoms with Crippen molar-refractivity contribution in [2.75, 3.05) is 18.0 Å². The van der Waals surface area contributed by atoms with Gasteiger partial charge in [-0.25, -0.2) is 13.2 Å². The summed E-state index contributed by atoms with van der Waals surface area (Å²) in [5, 5.41) is 10.6. The van der Waals surface area contributed by atoms with E-state index in [4.69, 9.17) is 10.00 Å². The van der Waals surface area contributed by atoms with Gasteiger partial charge in [-0.2, -0.15) is 18.4 Å². The van der Waals surface area contributed by atoms with Crippen molar-refractivity contribution in [3.8, 4) is 6.07 Å². The Morgan fingerprint density at radius 1 is 1.41 bits per heavy atom. The molecule has 0 saturated carbocycles. The second kappa shape index (κ2) is 6.50. The fraction of sp³-hybridized carbons (Fsp3) is 0.529. The van der Waals surface area contributed by atoms with Crippen molar-refractivity contribution < 1.29 is 35.9 Å². The van der Waals surface area contributed by atoms with Gasteiger partial charge in [0.25, 0.3) is 0 Å². The first kappa shape index (κ1) is 19.8. The predicted octanol–water partition coefficient (Wildman–Crippen LogP) is 1.61. The summed E-state index contributed by atoms with van der Waals surface area (Å²) in [6, 6.07) is 3.88. The van der Waals surface area contributed by atoms with Gasteiger partial charge in [0.05, 0.1) is 48.2 Å². The first-order valence-electron chi connectivity index (χ1n) is 8.70. The van der Waals surface area contributed by atoms with Gasteiger partial charge in [0, 0.05) is 12.5 Å². The van der Waals surface area contributed by atoms with Crippen molar-refractivity contribution in [3.63, 3.8) is 0 Å². The van der Waals surface area contributed by atoms with Crippen LogP contribution < -0.4 is 9.62 Å². The molecule has 8 nitrogen and oxygen atoms in total. The third-order valence-electron chi connectivity index (χ3n) is 5.66. The van der Waals surface area contributed by atoms with Crippen LogP contribution in [0.1, 0.15) is 17.5 Å². The van der Waals surface area contributed by atoms with Crippen LogP contribution in [-0.4, -0.2) is 51.7 Å². The summed E-state index contributed by atoms with van der Waals surface area (Å²) in [6.45, 7) is -0.0727. The summed E-state index contributed by atoms with van der Waals surface area (Å²) < 4.78 is 77.2. The lowest BCUT2D eigenvalue weighted by Gasteiger charge is -2.25. The molecule has 2 bridgehead atoms. The number of carbonyl (C=O) groups excluding carboxylic acids is 1. The van der Waals surface area contributed by atoms with E-state index in [2.05, 4.69) is 10.1 Å². The van der Waals surface area contributed by atoms with E-state index in [0.717, 1.165) is 10.4 Å². The fourth-order valence-electron chi connectivity index (χ4n) is 4.50. The van der Waals surface area contributed by atoms with E-state index in [1.165, 1.54) is 19.2 Å². The normalized spacial score (nSPS) is 32.0. The summed E-state index contributed by atoms with van der Waals surface area (Å²) in [4.78, 5) is 11.5. The minimum absolute atomic E-state index is 0.0727. The molecule has 5 atom stereocenters. The molecule has 29 heavy (non-hydrogen) atoms. The standard InChI is InChI=1S/C17H16F3N3O5S/c1-27-16(24)22-12-5-13-15-10(14(12)28-13)7-23(29(15,25)26)9-3-2-8(6-21)11(4-9)17(18,19)20/h2-4,10,12-15H,5,7H2,1H3,(H,22,24)/t10-,12+,13-,14-,15-/m0/s1. The molecule has 3 aliphatic heterocycles. The molecule has 3 saturated heterocycles. The number of fused-ring (bicyclic) bond motifs is 5. The first-order valence-corrected chi connectivity index (χ1v) is 10.2. The monoisotopic (exact) mass is 431 g/mol. The Balaban J connectivity index is 1.66. The Morgan fingerprint density at radius 2 is 2.14 bits per heavy atom. The number of alkyl carbamates (subject to hydrolysis) is 1. The molecule has 0 aromatic heterocycles. The van der Waals surface area contributed by atoms with Crippen LogP contribution in [0.15, 0.2) is 18.2 Å². The minimum atomic E-state index is -4.79. The molecule has 3 heterocycles. The molecule has 1 aromatic carbocycles. The van der Waals surface area contributed by atoms with Crippen LogP contribution in [0.3, 0.4) is 0 Å². The summed E-state index contributed by atoms with van der Waals surface area (Å²) in [5.74, 6) is -0.508. The molecule has 1 N–H and O–H groups in total. The number of sulfonamides is 1. The van der Waals surface area contributed by atoms with Gasteiger partial charge in [0.2, 0.25) is 10.0 Å². The highest BCUT2D eigenvalue weighted by atomic mass is 32.2. The highest BCUT2D eigenvalue weighted by Crippen LogP contribution is 2.49. The number of hydrogen-bond donors (Lipinski definition) is 1. The number of methoxy groups -OCH3 is 1.